The summed E-state index contributed by atoms with van der Waals surface area (Å²) in [6.45, 7) is 1.66. The van der Waals surface area contributed by atoms with Crippen molar-refractivity contribution >= 4 is 26.6 Å². The third-order valence-corrected chi connectivity index (χ3v) is 8.23. The molecule has 0 aliphatic heterocycles. The number of aromatic nitrogens is 2. The van der Waals surface area contributed by atoms with Crippen molar-refractivity contribution in [2.45, 2.75) is 18.1 Å². The zero-order valence-electron chi connectivity index (χ0n) is 17.4. The smallest absolute Gasteiger partial charge is 0.237 e. The molecule has 0 bridgehead atoms. The van der Waals surface area contributed by atoms with E-state index in [1.807, 2.05) is 36.4 Å². The molecule has 0 saturated heterocycles. The molecule has 2 aromatic carbocycles. The fourth-order valence-electron chi connectivity index (χ4n) is 4.15. The summed E-state index contributed by atoms with van der Waals surface area (Å²) in [6.07, 6.45) is 8.52. The first-order valence-corrected chi connectivity index (χ1v) is 11.7. The van der Waals surface area contributed by atoms with E-state index in [4.69, 9.17) is 0 Å². The fraction of sp³-hybridized carbons (Fsp3) is 0.115. The topological polar surface area (TPSA) is 52.0 Å². The molecule has 1 atom stereocenters. The van der Waals surface area contributed by atoms with Crippen LogP contribution >= 0.6 is 0 Å². The number of pyridine rings is 1. The number of hydrogen-bond acceptors (Lipinski definition) is 3. The van der Waals surface area contributed by atoms with Gasteiger partial charge < -0.3 is 0 Å². The monoisotopic (exact) mass is 444 g/mol. The third kappa shape index (κ3) is 3.28. The van der Waals surface area contributed by atoms with Crippen LogP contribution in [0.5, 0.6) is 0 Å². The van der Waals surface area contributed by atoms with E-state index in [0.29, 0.717) is 16.8 Å². The van der Waals surface area contributed by atoms with Crippen molar-refractivity contribution in [1.29, 1.82) is 0 Å². The predicted molar refractivity (Wildman–Crippen MR) is 126 cm³/mol. The van der Waals surface area contributed by atoms with Crippen LogP contribution in [-0.2, 0) is 10.0 Å². The largest absolute Gasteiger partial charge is 0.249 e. The number of halogens is 1. The van der Waals surface area contributed by atoms with Gasteiger partial charge in [0.05, 0.1) is 0 Å². The Morgan fingerprint density at radius 3 is 2.53 bits per heavy atom. The number of rotatable bonds is 4. The highest BCUT2D eigenvalue weighted by Gasteiger charge is 2.41. The van der Waals surface area contributed by atoms with Crippen molar-refractivity contribution in [3.8, 4) is 11.1 Å². The summed E-state index contributed by atoms with van der Waals surface area (Å²) in [7, 11) is -3.87. The van der Waals surface area contributed by atoms with Crippen LogP contribution in [0.25, 0.3) is 27.7 Å². The average Bonchev–Trinajstić information content (AvgIpc) is 3.24. The molecule has 0 radical (unpaired) electrons. The molecular formula is C26H21FN2O2S. The Morgan fingerprint density at radius 2 is 1.75 bits per heavy atom. The van der Waals surface area contributed by atoms with Gasteiger partial charge in [-0.1, -0.05) is 66.8 Å². The molecule has 0 fully saturated rings. The van der Waals surface area contributed by atoms with Crippen molar-refractivity contribution in [3.05, 3.63) is 109 Å². The van der Waals surface area contributed by atoms with Crippen molar-refractivity contribution in [2.24, 2.45) is 0 Å². The average molecular weight is 445 g/mol. The van der Waals surface area contributed by atoms with E-state index in [9.17, 15) is 12.8 Å². The van der Waals surface area contributed by atoms with Crippen molar-refractivity contribution < 1.29 is 12.8 Å². The first-order valence-electron chi connectivity index (χ1n) is 10.3. The molecule has 2 heterocycles. The van der Waals surface area contributed by atoms with Gasteiger partial charge in [0.1, 0.15) is 10.6 Å². The number of allylic oxidation sites excluding steroid dienone is 3. The Bertz CT molecular complexity index is 1490. The van der Waals surface area contributed by atoms with Gasteiger partial charge in [-0.05, 0) is 42.7 Å². The molecule has 0 spiro atoms. The predicted octanol–water partition coefficient (Wildman–Crippen LogP) is 5.82. The molecule has 0 N–H and O–H groups in total. The van der Waals surface area contributed by atoms with Gasteiger partial charge in [0.15, 0.2) is 5.65 Å². The van der Waals surface area contributed by atoms with Gasteiger partial charge in [-0.3, -0.25) is 0 Å². The highest BCUT2D eigenvalue weighted by molar-refractivity contribution is 7.91. The van der Waals surface area contributed by atoms with Crippen molar-refractivity contribution in [3.63, 3.8) is 0 Å². The zero-order valence-corrected chi connectivity index (χ0v) is 18.3. The Labute approximate surface area is 186 Å². The van der Waals surface area contributed by atoms with E-state index in [1.54, 1.807) is 61.8 Å². The molecule has 160 valence electrons. The first-order chi connectivity index (χ1) is 15.4. The highest BCUT2D eigenvalue weighted by atomic mass is 32.2. The van der Waals surface area contributed by atoms with Crippen LogP contribution in [-0.4, -0.2) is 22.1 Å². The summed E-state index contributed by atoms with van der Waals surface area (Å²) in [6, 6.07) is 19.9. The summed E-state index contributed by atoms with van der Waals surface area (Å²) in [4.78, 5) is 4.49. The fourth-order valence-corrected chi connectivity index (χ4v) is 5.79. The molecule has 32 heavy (non-hydrogen) atoms. The molecule has 1 unspecified atom stereocenters. The minimum absolute atomic E-state index is 0.161. The Morgan fingerprint density at radius 1 is 1.00 bits per heavy atom. The summed E-state index contributed by atoms with van der Waals surface area (Å²) < 4.78 is 41.9. The van der Waals surface area contributed by atoms with Gasteiger partial charge in [0.25, 0.3) is 0 Å². The molecule has 2 aromatic heterocycles. The van der Waals surface area contributed by atoms with E-state index >= 15 is 0 Å². The molecule has 4 aromatic rings. The van der Waals surface area contributed by atoms with Crippen molar-refractivity contribution in [2.75, 3.05) is 0 Å². The van der Waals surface area contributed by atoms with Crippen LogP contribution in [0.1, 0.15) is 18.9 Å². The van der Waals surface area contributed by atoms with Gasteiger partial charge in [0.2, 0.25) is 10.0 Å². The maximum absolute atomic E-state index is 14.4. The summed E-state index contributed by atoms with van der Waals surface area (Å²) in [5, 5.41) is 0.739. The quantitative estimate of drug-likeness (QED) is 0.398. The van der Waals surface area contributed by atoms with E-state index in [-0.39, 0.29) is 12.2 Å². The number of hydrogen-bond donors (Lipinski definition) is 0. The van der Waals surface area contributed by atoms with Crippen LogP contribution < -0.4 is 0 Å². The molecule has 6 heteroatoms. The lowest BCUT2D eigenvalue weighted by molar-refractivity contribution is 0.555. The van der Waals surface area contributed by atoms with Crippen LogP contribution in [0.3, 0.4) is 0 Å². The van der Waals surface area contributed by atoms with Crippen molar-refractivity contribution in [1.82, 2.24) is 8.96 Å². The molecule has 0 saturated carbocycles. The van der Waals surface area contributed by atoms with Gasteiger partial charge in [-0.25, -0.2) is 21.8 Å². The Hall–Kier alpha value is -3.51. The lowest BCUT2D eigenvalue weighted by atomic mass is 9.90. The highest BCUT2D eigenvalue weighted by Crippen LogP contribution is 2.38. The molecule has 1 aliphatic carbocycles. The third-order valence-electron chi connectivity index (χ3n) is 5.96. The van der Waals surface area contributed by atoms with E-state index in [2.05, 4.69) is 4.98 Å². The normalized spacial score (nSPS) is 18.6. The van der Waals surface area contributed by atoms with Crippen LogP contribution in [0.2, 0.25) is 0 Å². The zero-order chi connectivity index (χ0) is 22.3. The van der Waals surface area contributed by atoms with Crippen LogP contribution in [0.4, 0.5) is 4.39 Å². The van der Waals surface area contributed by atoms with Crippen LogP contribution in [0, 0.1) is 5.82 Å². The van der Waals surface area contributed by atoms with E-state index in [0.717, 1.165) is 16.5 Å². The van der Waals surface area contributed by atoms with E-state index in [1.165, 1.54) is 10.0 Å². The standard InChI is InChI=1S/C26H21FN2O2S/c1-26(14-7-10-21(17-26)23-11-5-6-12-24(23)27)32(30,31)29-15-13-20-16-22(18-28-25(20)29)19-8-3-2-4-9-19/h2-16,18H,17H2,1H3. The molecule has 1 aliphatic rings. The SMILES string of the molecule is CC1(S(=O)(=O)n2ccc3cc(-c4ccccc4)cnc32)C=CC=C(c2ccccc2F)C1. The number of fused-ring (bicyclic) bond motifs is 1. The maximum Gasteiger partial charge on any atom is 0.249 e. The van der Waals surface area contributed by atoms with Crippen LogP contribution in [0.15, 0.2) is 97.4 Å². The lowest BCUT2D eigenvalue weighted by Gasteiger charge is -2.30. The lowest BCUT2D eigenvalue weighted by Crippen LogP contribution is -2.38. The van der Waals surface area contributed by atoms with Gasteiger partial charge >= 0.3 is 0 Å². The number of benzene rings is 2. The molecular weight excluding hydrogens is 423 g/mol. The Balaban J connectivity index is 1.54. The van der Waals surface area contributed by atoms with Gasteiger partial charge in [-0.15, -0.1) is 0 Å². The molecule has 4 nitrogen and oxygen atoms in total. The minimum atomic E-state index is -3.87. The van der Waals surface area contributed by atoms with Gasteiger partial charge in [0, 0.05) is 28.9 Å². The number of nitrogens with zero attached hydrogens (tertiary/aromatic N) is 2. The first kappa shape index (κ1) is 20.4. The maximum atomic E-state index is 14.4. The van der Waals surface area contributed by atoms with Gasteiger partial charge in [-0.2, -0.15) is 0 Å². The summed E-state index contributed by atoms with van der Waals surface area (Å²) >= 11 is 0. The second kappa shape index (κ2) is 7.57. The Kier molecular flexibility index (Phi) is 4.82. The second-order valence-electron chi connectivity index (χ2n) is 8.14. The summed E-state index contributed by atoms with van der Waals surface area (Å²) in [5.74, 6) is -0.365. The molecule has 5 rings (SSSR count). The van der Waals surface area contributed by atoms with E-state index < -0.39 is 14.8 Å². The molecule has 0 amide bonds. The summed E-state index contributed by atoms with van der Waals surface area (Å²) in [5.41, 5.74) is 3.37. The minimum Gasteiger partial charge on any atom is -0.237 e. The second-order valence-corrected chi connectivity index (χ2v) is 10.4.